The van der Waals surface area contributed by atoms with E-state index >= 15 is 0 Å². The zero-order valence-electron chi connectivity index (χ0n) is 15.7. The number of hydrogen-bond acceptors (Lipinski definition) is 4. The fraction of sp³-hybridized carbons (Fsp3) is 0.895. The van der Waals surface area contributed by atoms with Crippen molar-refractivity contribution in [1.29, 1.82) is 0 Å². The predicted octanol–water partition coefficient (Wildman–Crippen LogP) is 3.38. The molecule has 4 nitrogen and oxygen atoms in total. The maximum atomic E-state index is 11.0. The van der Waals surface area contributed by atoms with Crippen LogP contribution < -0.4 is 0 Å². The van der Waals surface area contributed by atoms with Gasteiger partial charge in [-0.25, -0.2) is 0 Å². The maximum Gasteiger partial charge on any atom is 0.125 e. The number of aliphatic hydroxyl groups is 2. The molecule has 0 fully saturated rings. The predicted molar refractivity (Wildman–Crippen MR) is 93.1 cm³/mol. The molecule has 0 aromatic heterocycles. The van der Waals surface area contributed by atoms with E-state index in [4.69, 9.17) is 0 Å². The average Bonchev–Trinajstić information content (AvgIpc) is 2.45. The summed E-state index contributed by atoms with van der Waals surface area (Å²) < 4.78 is 0. The van der Waals surface area contributed by atoms with Crippen LogP contribution in [-0.2, 0) is 9.59 Å². The second kappa shape index (κ2) is 9.53. The molecule has 0 saturated heterocycles. The summed E-state index contributed by atoms with van der Waals surface area (Å²) in [5.74, 6) is 0.109. The van der Waals surface area contributed by atoms with Gasteiger partial charge in [-0.2, -0.15) is 0 Å². The molecule has 0 amide bonds. The quantitative estimate of drug-likeness (QED) is 0.539. The van der Waals surface area contributed by atoms with Crippen LogP contribution in [0.1, 0.15) is 73.6 Å². The van der Waals surface area contributed by atoms with Gasteiger partial charge in [-0.05, 0) is 43.9 Å². The molecule has 0 radical (unpaired) electrons. The molecule has 4 heteroatoms. The van der Waals surface area contributed by atoms with Crippen molar-refractivity contribution < 1.29 is 19.8 Å². The largest absolute Gasteiger partial charge is 0.393 e. The first kappa shape index (κ1) is 22.3. The van der Waals surface area contributed by atoms with E-state index in [1.807, 2.05) is 41.5 Å². The number of hydrogen-bond donors (Lipinski definition) is 2. The first-order valence-corrected chi connectivity index (χ1v) is 8.73. The van der Waals surface area contributed by atoms with Crippen LogP contribution in [0.15, 0.2) is 0 Å². The minimum Gasteiger partial charge on any atom is -0.393 e. The van der Waals surface area contributed by atoms with Gasteiger partial charge in [0.2, 0.25) is 0 Å². The second-order valence-corrected chi connectivity index (χ2v) is 8.64. The van der Waals surface area contributed by atoms with Gasteiger partial charge < -0.3 is 19.8 Å². The van der Waals surface area contributed by atoms with Crippen molar-refractivity contribution in [3.8, 4) is 0 Å². The van der Waals surface area contributed by atoms with Crippen LogP contribution in [0, 0.1) is 22.7 Å². The lowest BCUT2D eigenvalue weighted by atomic mass is 9.80. The molecule has 0 bridgehead atoms. The van der Waals surface area contributed by atoms with Crippen molar-refractivity contribution in [2.45, 2.75) is 85.9 Å². The van der Waals surface area contributed by atoms with Crippen LogP contribution in [-0.4, -0.2) is 35.0 Å². The van der Waals surface area contributed by atoms with Crippen molar-refractivity contribution in [1.82, 2.24) is 0 Å². The van der Waals surface area contributed by atoms with Gasteiger partial charge in [0, 0.05) is 10.8 Å². The summed E-state index contributed by atoms with van der Waals surface area (Å²) in [7, 11) is 0. The van der Waals surface area contributed by atoms with E-state index in [2.05, 4.69) is 0 Å². The third-order valence-electron chi connectivity index (χ3n) is 4.65. The third kappa shape index (κ3) is 9.21. The molecule has 0 aliphatic carbocycles. The van der Waals surface area contributed by atoms with Crippen molar-refractivity contribution >= 4 is 12.6 Å². The molecule has 0 spiro atoms. The van der Waals surface area contributed by atoms with Gasteiger partial charge in [0.15, 0.2) is 0 Å². The Labute approximate surface area is 141 Å². The topological polar surface area (TPSA) is 74.6 Å². The molecule has 0 rings (SSSR count). The smallest absolute Gasteiger partial charge is 0.125 e. The van der Waals surface area contributed by atoms with Crippen molar-refractivity contribution in [2.75, 3.05) is 0 Å². The molecular weight excluding hydrogens is 292 g/mol. The Hall–Kier alpha value is -0.740. The standard InChI is InChI=1S/C19H36O4/c1-14(10-18(3,4)12-20)16(22)8-7-9-17(23)15(2)11-19(5,6)13-21/h12-17,22-23H,7-11H2,1-6H3. The number of carbonyl (C=O) groups is 2. The summed E-state index contributed by atoms with van der Waals surface area (Å²) >= 11 is 0. The normalized spacial score (nSPS) is 18.1. The highest BCUT2D eigenvalue weighted by Gasteiger charge is 2.26. The number of aldehydes is 2. The van der Waals surface area contributed by atoms with Crippen LogP contribution in [0.3, 0.4) is 0 Å². The minimum absolute atomic E-state index is 0.0544. The fourth-order valence-electron chi connectivity index (χ4n) is 3.13. The lowest BCUT2D eigenvalue weighted by molar-refractivity contribution is -0.116. The van der Waals surface area contributed by atoms with Crippen LogP contribution in [0.25, 0.3) is 0 Å². The van der Waals surface area contributed by atoms with E-state index in [0.717, 1.165) is 19.0 Å². The molecule has 4 unspecified atom stereocenters. The summed E-state index contributed by atoms with van der Waals surface area (Å²) in [5.41, 5.74) is -0.816. The maximum absolute atomic E-state index is 11.0. The zero-order valence-corrected chi connectivity index (χ0v) is 15.7. The first-order chi connectivity index (χ1) is 10.4. The minimum atomic E-state index is -0.455. The highest BCUT2D eigenvalue weighted by atomic mass is 16.3. The SMILES string of the molecule is CC(CC(C)(C)C=O)C(O)CCCC(O)C(C)CC(C)(C)C=O. The molecule has 0 saturated carbocycles. The highest BCUT2D eigenvalue weighted by molar-refractivity contribution is 5.58. The summed E-state index contributed by atoms with van der Waals surface area (Å²) in [5, 5.41) is 20.4. The van der Waals surface area contributed by atoms with Gasteiger partial charge in [-0.3, -0.25) is 0 Å². The fourth-order valence-corrected chi connectivity index (χ4v) is 3.13. The zero-order chi connectivity index (χ0) is 18.3. The van der Waals surface area contributed by atoms with E-state index in [0.29, 0.717) is 25.7 Å². The Kier molecular flexibility index (Phi) is 9.22. The Bertz CT molecular complexity index is 328. The van der Waals surface area contributed by atoms with Crippen molar-refractivity contribution in [3.05, 3.63) is 0 Å². The second-order valence-electron chi connectivity index (χ2n) is 8.64. The molecular formula is C19H36O4. The van der Waals surface area contributed by atoms with Gasteiger partial charge >= 0.3 is 0 Å². The van der Waals surface area contributed by atoms with Gasteiger partial charge in [0.05, 0.1) is 12.2 Å². The Morgan fingerprint density at radius 2 is 1.09 bits per heavy atom. The summed E-state index contributed by atoms with van der Waals surface area (Å²) in [4.78, 5) is 21.9. The van der Waals surface area contributed by atoms with Crippen LogP contribution >= 0.6 is 0 Å². The van der Waals surface area contributed by atoms with Gasteiger partial charge in [-0.15, -0.1) is 0 Å². The molecule has 0 aromatic carbocycles. The summed E-state index contributed by atoms with van der Waals surface area (Å²) in [6, 6.07) is 0. The van der Waals surface area contributed by atoms with Crippen LogP contribution in [0.5, 0.6) is 0 Å². The van der Waals surface area contributed by atoms with E-state index in [1.54, 1.807) is 0 Å². The van der Waals surface area contributed by atoms with Gasteiger partial charge in [0.25, 0.3) is 0 Å². The molecule has 2 N–H and O–H groups in total. The van der Waals surface area contributed by atoms with Gasteiger partial charge in [-0.1, -0.05) is 41.5 Å². The Morgan fingerprint density at radius 3 is 1.35 bits per heavy atom. The van der Waals surface area contributed by atoms with E-state index < -0.39 is 23.0 Å². The first-order valence-electron chi connectivity index (χ1n) is 8.73. The number of carbonyl (C=O) groups excluding carboxylic acids is 2. The highest BCUT2D eigenvalue weighted by Crippen LogP contribution is 2.28. The third-order valence-corrected chi connectivity index (χ3v) is 4.65. The van der Waals surface area contributed by atoms with E-state index in [-0.39, 0.29) is 11.8 Å². The van der Waals surface area contributed by atoms with Crippen LogP contribution in [0.4, 0.5) is 0 Å². The molecule has 0 aliphatic heterocycles. The van der Waals surface area contributed by atoms with Crippen LogP contribution in [0.2, 0.25) is 0 Å². The molecule has 136 valence electrons. The molecule has 0 heterocycles. The van der Waals surface area contributed by atoms with Crippen molar-refractivity contribution in [3.63, 3.8) is 0 Å². The average molecular weight is 328 g/mol. The molecule has 0 aromatic rings. The lowest BCUT2D eigenvalue weighted by Crippen LogP contribution is -2.27. The monoisotopic (exact) mass is 328 g/mol. The van der Waals surface area contributed by atoms with E-state index in [9.17, 15) is 19.8 Å². The van der Waals surface area contributed by atoms with Crippen molar-refractivity contribution in [2.24, 2.45) is 22.7 Å². The summed E-state index contributed by atoms with van der Waals surface area (Å²) in [6.45, 7) is 11.4. The Morgan fingerprint density at radius 1 is 0.783 bits per heavy atom. The number of aliphatic hydroxyl groups excluding tert-OH is 2. The lowest BCUT2D eigenvalue weighted by Gasteiger charge is -2.27. The molecule has 23 heavy (non-hydrogen) atoms. The Balaban J connectivity index is 4.18. The molecule has 4 atom stereocenters. The van der Waals surface area contributed by atoms with Gasteiger partial charge in [0.1, 0.15) is 12.6 Å². The summed E-state index contributed by atoms with van der Waals surface area (Å²) in [6.07, 6.45) is 4.26. The van der Waals surface area contributed by atoms with E-state index in [1.165, 1.54) is 0 Å². The number of rotatable bonds is 12. The molecule has 0 aliphatic rings.